The number of benzene rings is 2. The van der Waals surface area contributed by atoms with Crippen molar-refractivity contribution in [3.05, 3.63) is 77.5 Å². The van der Waals surface area contributed by atoms with Crippen LogP contribution in [0, 0.1) is 6.92 Å². The molecule has 4 rings (SSSR count). The highest BCUT2D eigenvalue weighted by molar-refractivity contribution is 5.94. The average molecular weight is 361 g/mol. The summed E-state index contributed by atoms with van der Waals surface area (Å²) in [5, 5.41) is 6.09. The Labute approximate surface area is 157 Å². The first kappa shape index (κ1) is 16.9. The van der Waals surface area contributed by atoms with Crippen LogP contribution in [0.5, 0.6) is 11.5 Å². The number of carbonyl (C=O) groups is 1. The second-order valence-corrected chi connectivity index (χ2v) is 6.29. The second-order valence-electron chi connectivity index (χ2n) is 6.29. The van der Waals surface area contributed by atoms with Crippen LogP contribution in [0.15, 0.2) is 60.8 Å². The fourth-order valence-electron chi connectivity index (χ4n) is 2.71. The number of hydrogen-bond donors (Lipinski definition) is 2. The van der Waals surface area contributed by atoms with Crippen molar-refractivity contribution < 1.29 is 14.3 Å². The Bertz CT molecular complexity index is 953. The molecule has 0 spiro atoms. The van der Waals surface area contributed by atoms with Crippen molar-refractivity contribution in [1.29, 1.82) is 0 Å². The Kier molecular flexibility index (Phi) is 4.61. The van der Waals surface area contributed by atoms with Crippen LogP contribution < -0.4 is 20.1 Å². The summed E-state index contributed by atoms with van der Waals surface area (Å²) in [5.74, 6) is 1.92. The SMILES string of the molecule is Cc1ccc(CNC(=O)c2ccc(Nc3ccc4c(c3)OCO4)nc2)cc1. The Balaban J connectivity index is 1.36. The third kappa shape index (κ3) is 4.00. The predicted molar refractivity (Wildman–Crippen MR) is 102 cm³/mol. The first-order chi connectivity index (χ1) is 13.2. The molecule has 1 aromatic heterocycles. The summed E-state index contributed by atoms with van der Waals surface area (Å²) < 4.78 is 10.7. The standard InChI is InChI=1S/C21H19N3O3/c1-14-2-4-15(5-3-14)11-23-21(25)16-6-9-20(22-12-16)24-17-7-8-18-19(10-17)27-13-26-18/h2-10,12H,11,13H2,1H3,(H,22,24)(H,23,25). The van der Waals surface area contributed by atoms with Crippen molar-refractivity contribution in [3.8, 4) is 11.5 Å². The summed E-state index contributed by atoms with van der Waals surface area (Å²) in [6, 6.07) is 17.2. The number of aromatic nitrogens is 1. The van der Waals surface area contributed by atoms with Crippen LogP contribution in [0.2, 0.25) is 0 Å². The molecule has 0 unspecified atom stereocenters. The van der Waals surface area contributed by atoms with Gasteiger partial charge in [0.1, 0.15) is 5.82 Å². The molecule has 2 heterocycles. The topological polar surface area (TPSA) is 72.5 Å². The van der Waals surface area contributed by atoms with E-state index in [1.165, 1.54) is 5.56 Å². The number of nitrogens with zero attached hydrogens (tertiary/aromatic N) is 1. The molecular weight excluding hydrogens is 342 g/mol. The van der Waals surface area contributed by atoms with Crippen molar-refractivity contribution in [2.24, 2.45) is 0 Å². The predicted octanol–water partition coefficient (Wildman–Crippen LogP) is 3.79. The number of anilines is 2. The van der Waals surface area contributed by atoms with Crippen molar-refractivity contribution in [1.82, 2.24) is 10.3 Å². The Hall–Kier alpha value is -3.54. The van der Waals surface area contributed by atoms with Crippen LogP contribution in [-0.4, -0.2) is 17.7 Å². The zero-order chi connectivity index (χ0) is 18.6. The molecule has 136 valence electrons. The van der Waals surface area contributed by atoms with Gasteiger partial charge in [0.05, 0.1) is 5.56 Å². The third-order valence-electron chi connectivity index (χ3n) is 4.24. The normalized spacial score (nSPS) is 11.9. The maximum absolute atomic E-state index is 12.3. The lowest BCUT2D eigenvalue weighted by atomic mass is 10.1. The van der Waals surface area contributed by atoms with E-state index < -0.39 is 0 Å². The molecular formula is C21H19N3O3. The smallest absolute Gasteiger partial charge is 0.253 e. The number of hydrogen-bond acceptors (Lipinski definition) is 5. The van der Waals surface area contributed by atoms with Gasteiger partial charge in [-0.3, -0.25) is 4.79 Å². The fourth-order valence-corrected chi connectivity index (χ4v) is 2.71. The van der Waals surface area contributed by atoms with Gasteiger partial charge in [0.2, 0.25) is 6.79 Å². The second kappa shape index (κ2) is 7.37. The maximum atomic E-state index is 12.3. The van der Waals surface area contributed by atoms with Crippen LogP contribution in [-0.2, 0) is 6.54 Å². The summed E-state index contributed by atoms with van der Waals surface area (Å²) in [6.45, 7) is 2.76. The number of nitrogens with one attached hydrogen (secondary N) is 2. The largest absolute Gasteiger partial charge is 0.454 e. The van der Waals surface area contributed by atoms with E-state index in [2.05, 4.69) is 15.6 Å². The van der Waals surface area contributed by atoms with Crippen molar-refractivity contribution >= 4 is 17.4 Å². The van der Waals surface area contributed by atoms with Crippen LogP contribution in [0.1, 0.15) is 21.5 Å². The third-order valence-corrected chi connectivity index (χ3v) is 4.24. The van der Waals surface area contributed by atoms with E-state index in [4.69, 9.17) is 9.47 Å². The van der Waals surface area contributed by atoms with Gasteiger partial charge in [0.15, 0.2) is 11.5 Å². The van der Waals surface area contributed by atoms with E-state index in [9.17, 15) is 4.79 Å². The quantitative estimate of drug-likeness (QED) is 0.723. The molecule has 0 saturated heterocycles. The summed E-state index contributed by atoms with van der Waals surface area (Å²) in [5.41, 5.74) is 3.60. The molecule has 6 heteroatoms. The zero-order valence-electron chi connectivity index (χ0n) is 14.9. The highest BCUT2D eigenvalue weighted by Gasteiger charge is 2.13. The van der Waals surface area contributed by atoms with Crippen LogP contribution in [0.3, 0.4) is 0 Å². The monoisotopic (exact) mass is 361 g/mol. The highest BCUT2D eigenvalue weighted by atomic mass is 16.7. The molecule has 1 aliphatic rings. The molecule has 0 saturated carbocycles. The van der Waals surface area contributed by atoms with Crippen molar-refractivity contribution in [2.45, 2.75) is 13.5 Å². The number of pyridine rings is 1. The van der Waals surface area contributed by atoms with Gasteiger partial charge in [0.25, 0.3) is 5.91 Å². The minimum Gasteiger partial charge on any atom is -0.454 e. The first-order valence-electron chi connectivity index (χ1n) is 8.64. The van der Waals surface area contributed by atoms with E-state index in [0.717, 1.165) is 17.0 Å². The lowest BCUT2D eigenvalue weighted by molar-refractivity contribution is 0.0950. The van der Waals surface area contributed by atoms with E-state index >= 15 is 0 Å². The van der Waals surface area contributed by atoms with Gasteiger partial charge in [-0.15, -0.1) is 0 Å². The van der Waals surface area contributed by atoms with Crippen LogP contribution >= 0.6 is 0 Å². The molecule has 0 radical (unpaired) electrons. The molecule has 1 amide bonds. The Morgan fingerprint density at radius 2 is 1.85 bits per heavy atom. The summed E-state index contributed by atoms with van der Waals surface area (Å²) >= 11 is 0. The number of aryl methyl sites for hydroxylation is 1. The molecule has 2 N–H and O–H groups in total. The van der Waals surface area contributed by atoms with Crippen molar-refractivity contribution in [3.63, 3.8) is 0 Å². The van der Waals surface area contributed by atoms with E-state index in [-0.39, 0.29) is 12.7 Å². The van der Waals surface area contributed by atoms with Gasteiger partial charge in [-0.2, -0.15) is 0 Å². The zero-order valence-corrected chi connectivity index (χ0v) is 14.9. The highest BCUT2D eigenvalue weighted by Crippen LogP contribution is 2.34. The van der Waals surface area contributed by atoms with Gasteiger partial charge in [-0.25, -0.2) is 4.98 Å². The maximum Gasteiger partial charge on any atom is 0.253 e. The number of amides is 1. The first-order valence-corrected chi connectivity index (χ1v) is 8.64. The van der Waals surface area contributed by atoms with Crippen LogP contribution in [0.4, 0.5) is 11.5 Å². The minimum atomic E-state index is -0.155. The van der Waals surface area contributed by atoms with Gasteiger partial charge in [-0.05, 0) is 36.8 Å². The Morgan fingerprint density at radius 1 is 1.04 bits per heavy atom. The fraction of sp³-hybridized carbons (Fsp3) is 0.143. The molecule has 2 aromatic carbocycles. The molecule has 3 aromatic rings. The molecule has 0 aliphatic carbocycles. The molecule has 27 heavy (non-hydrogen) atoms. The lowest BCUT2D eigenvalue weighted by Crippen LogP contribution is -2.22. The van der Waals surface area contributed by atoms with Gasteiger partial charge >= 0.3 is 0 Å². The van der Waals surface area contributed by atoms with E-state index in [1.54, 1.807) is 18.3 Å². The van der Waals surface area contributed by atoms with Crippen LogP contribution in [0.25, 0.3) is 0 Å². The van der Waals surface area contributed by atoms with E-state index in [1.807, 2.05) is 49.4 Å². The molecule has 1 aliphatic heterocycles. The molecule has 0 fully saturated rings. The van der Waals surface area contributed by atoms with Gasteiger partial charge in [0, 0.05) is 24.5 Å². The lowest BCUT2D eigenvalue weighted by Gasteiger charge is -2.08. The van der Waals surface area contributed by atoms with Gasteiger partial charge in [-0.1, -0.05) is 29.8 Å². The summed E-state index contributed by atoms with van der Waals surface area (Å²) in [7, 11) is 0. The number of rotatable bonds is 5. The Morgan fingerprint density at radius 3 is 2.63 bits per heavy atom. The van der Waals surface area contributed by atoms with Crippen molar-refractivity contribution in [2.75, 3.05) is 12.1 Å². The number of carbonyl (C=O) groups excluding carboxylic acids is 1. The molecule has 0 bridgehead atoms. The van der Waals surface area contributed by atoms with Gasteiger partial charge < -0.3 is 20.1 Å². The van der Waals surface area contributed by atoms with E-state index in [0.29, 0.717) is 23.7 Å². The summed E-state index contributed by atoms with van der Waals surface area (Å²) in [4.78, 5) is 16.6. The average Bonchev–Trinajstić information content (AvgIpc) is 3.16. The number of ether oxygens (including phenoxy) is 2. The molecule has 0 atom stereocenters. The number of fused-ring (bicyclic) bond motifs is 1. The minimum absolute atomic E-state index is 0.155. The molecule has 6 nitrogen and oxygen atoms in total. The summed E-state index contributed by atoms with van der Waals surface area (Å²) in [6.07, 6.45) is 1.56.